The zero-order chi connectivity index (χ0) is 15.4. The molecule has 1 aromatic carbocycles. The first-order chi connectivity index (χ1) is 10.7. The van der Waals surface area contributed by atoms with Crippen molar-refractivity contribution in [2.24, 2.45) is 5.10 Å². The van der Waals surface area contributed by atoms with Gasteiger partial charge in [-0.3, -0.25) is 5.43 Å². The molecule has 0 atom stereocenters. The van der Waals surface area contributed by atoms with Crippen LogP contribution in [0.1, 0.15) is 5.76 Å². The average molecular weight is 333 g/mol. The fourth-order valence-corrected chi connectivity index (χ4v) is 2.05. The fourth-order valence-electron chi connectivity index (χ4n) is 1.76. The number of halogens is 2. The molecule has 22 heavy (non-hydrogen) atoms. The molecule has 0 saturated heterocycles. The molecular weight excluding hydrogens is 323 g/mol. The van der Waals surface area contributed by atoms with Crippen LogP contribution >= 0.6 is 23.2 Å². The molecule has 1 N–H and O–H groups in total. The topological polar surface area (TPSA) is 63.3 Å². The van der Waals surface area contributed by atoms with Crippen LogP contribution in [0.5, 0.6) is 0 Å². The molecule has 0 aliphatic rings. The summed E-state index contributed by atoms with van der Waals surface area (Å²) in [6.07, 6.45) is 1.55. The molecule has 3 aromatic rings. The summed E-state index contributed by atoms with van der Waals surface area (Å²) in [7, 11) is 0. The van der Waals surface area contributed by atoms with E-state index in [1.807, 2.05) is 36.4 Å². The Labute approximate surface area is 136 Å². The third-order valence-electron chi connectivity index (χ3n) is 2.74. The Kier molecular flexibility index (Phi) is 4.37. The van der Waals surface area contributed by atoms with Gasteiger partial charge in [0.2, 0.25) is 0 Å². The van der Waals surface area contributed by atoms with E-state index in [4.69, 9.17) is 27.6 Å². The first-order valence-electron chi connectivity index (χ1n) is 6.35. The highest BCUT2D eigenvalue weighted by Crippen LogP contribution is 2.24. The van der Waals surface area contributed by atoms with Gasteiger partial charge in [0.25, 0.3) is 0 Å². The molecule has 0 aliphatic heterocycles. The van der Waals surface area contributed by atoms with Crippen LogP contribution in [-0.2, 0) is 0 Å². The Morgan fingerprint density at radius 2 is 1.95 bits per heavy atom. The summed E-state index contributed by atoms with van der Waals surface area (Å²) in [5.74, 6) is 1.81. The standard InChI is InChI=1S/C15H10Cl2N4O/c16-11-3-1-2-10(8-11)13-5-4-12(22-13)9-18-20-15-7-6-14(17)19-21-15/h1-9H,(H,20,21)/b18-9+. The van der Waals surface area contributed by atoms with E-state index in [2.05, 4.69) is 20.7 Å². The summed E-state index contributed by atoms with van der Waals surface area (Å²) in [5, 5.41) is 12.5. The maximum absolute atomic E-state index is 5.96. The van der Waals surface area contributed by atoms with Crippen LogP contribution < -0.4 is 5.43 Å². The second kappa shape index (κ2) is 6.60. The van der Waals surface area contributed by atoms with Crippen LogP contribution in [0.2, 0.25) is 10.2 Å². The zero-order valence-corrected chi connectivity index (χ0v) is 12.7. The van der Waals surface area contributed by atoms with Crippen LogP contribution in [0.4, 0.5) is 5.82 Å². The maximum atomic E-state index is 5.96. The van der Waals surface area contributed by atoms with Crippen LogP contribution in [0, 0.1) is 0 Å². The lowest BCUT2D eigenvalue weighted by Gasteiger charge is -1.97. The molecule has 5 nitrogen and oxygen atoms in total. The van der Waals surface area contributed by atoms with E-state index >= 15 is 0 Å². The number of benzene rings is 1. The summed E-state index contributed by atoms with van der Waals surface area (Å²) >= 11 is 11.6. The SMILES string of the molecule is Clc1cccc(-c2ccc(/C=N/Nc3ccc(Cl)nn3)o2)c1. The lowest BCUT2D eigenvalue weighted by atomic mass is 10.2. The molecule has 0 amide bonds. The monoisotopic (exact) mass is 332 g/mol. The van der Waals surface area contributed by atoms with Crippen molar-refractivity contribution < 1.29 is 4.42 Å². The van der Waals surface area contributed by atoms with Gasteiger partial charge < -0.3 is 4.42 Å². The van der Waals surface area contributed by atoms with Crippen LogP contribution in [0.25, 0.3) is 11.3 Å². The van der Waals surface area contributed by atoms with E-state index in [0.29, 0.717) is 21.8 Å². The molecule has 7 heteroatoms. The molecule has 0 bridgehead atoms. The number of furan rings is 1. The number of aromatic nitrogens is 2. The number of nitrogens with zero attached hydrogens (tertiary/aromatic N) is 3. The summed E-state index contributed by atoms with van der Waals surface area (Å²) in [4.78, 5) is 0. The minimum absolute atomic E-state index is 0.326. The number of hydrazone groups is 1. The van der Waals surface area contributed by atoms with Gasteiger partial charge in [0.1, 0.15) is 11.5 Å². The van der Waals surface area contributed by atoms with Gasteiger partial charge in [-0.15, -0.1) is 10.2 Å². The van der Waals surface area contributed by atoms with Crippen molar-refractivity contribution in [3.8, 4) is 11.3 Å². The van der Waals surface area contributed by atoms with E-state index in [0.717, 1.165) is 11.3 Å². The molecule has 2 heterocycles. The number of hydrogen-bond acceptors (Lipinski definition) is 5. The first-order valence-corrected chi connectivity index (χ1v) is 7.10. The fraction of sp³-hybridized carbons (Fsp3) is 0. The molecule has 2 aromatic heterocycles. The normalized spacial score (nSPS) is 11.0. The lowest BCUT2D eigenvalue weighted by molar-refractivity contribution is 0.575. The Bertz CT molecular complexity index is 799. The maximum Gasteiger partial charge on any atom is 0.168 e. The third-order valence-corrected chi connectivity index (χ3v) is 3.18. The van der Waals surface area contributed by atoms with Gasteiger partial charge in [-0.2, -0.15) is 5.10 Å². The van der Waals surface area contributed by atoms with E-state index in [-0.39, 0.29) is 0 Å². The van der Waals surface area contributed by atoms with Crippen molar-refractivity contribution in [3.63, 3.8) is 0 Å². The molecule has 3 rings (SSSR count). The number of anilines is 1. The Balaban J connectivity index is 1.69. The van der Waals surface area contributed by atoms with Gasteiger partial charge in [-0.1, -0.05) is 35.3 Å². The molecule has 0 radical (unpaired) electrons. The van der Waals surface area contributed by atoms with Gasteiger partial charge in [0.05, 0.1) is 6.21 Å². The predicted octanol–water partition coefficient (Wildman–Crippen LogP) is 4.49. The highest BCUT2D eigenvalue weighted by atomic mass is 35.5. The Hall–Kier alpha value is -2.37. The molecule has 0 spiro atoms. The Morgan fingerprint density at radius 3 is 2.73 bits per heavy atom. The molecule has 110 valence electrons. The van der Waals surface area contributed by atoms with Crippen molar-refractivity contribution in [1.82, 2.24) is 10.2 Å². The van der Waals surface area contributed by atoms with Gasteiger partial charge >= 0.3 is 0 Å². The van der Waals surface area contributed by atoms with Gasteiger partial charge in [-0.25, -0.2) is 0 Å². The van der Waals surface area contributed by atoms with Crippen molar-refractivity contribution in [2.75, 3.05) is 5.43 Å². The summed E-state index contributed by atoms with van der Waals surface area (Å²) < 4.78 is 5.68. The van der Waals surface area contributed by atoms with Crippen LogP contribution in [0.15, 0.2) is 58.0 Å². The van der Waals surface area contributed by atoms with Gasteiger partial charge in [0.15, 0.2) is 11.0 Å². The first kappa shape index (κ1) is 14.6. The summed E-state index contributed by atoms with van der Waals surface area (Å²) in [6, 6.07) is 14.4. The zero-order valence-electron chi connectivity index (χ0n) is 11.2. The highest BCUT2D eigenvalue weighted by Gasteiger charge is 2.03. The van der Waals surface area contributed by atoms with Crippen LogP contribution in [-0.4, -0.2) is 16.4 Å². The number of rotatable bonds is 4. The van der Waals surface area contributed by atoms with E-state index in [1.54, 1.807) is 18.3 Å². The highest BCUT2D eigenvalue weighted by molar-refractivity contribution is 6.30. The van der Waals surface area contributed by atoms with Crippen LogP contribution in [0.3, 0.4) is 0 Å². The smallest absolute Gasteiger partial charge is 0.168 e. The molecular formula is C15H10Cl2N4O. The lowest BCUT2D eigenvalue weighted by Crippen LogP contribution is -1.94. The van der Waals surface area contributed by atoms with Gasteiger partial charge in [0, 0.05) is 10.6 Å². The molecule has 0 unspecified atom stereocenters. The van der Waals surface area contributed by atoms with Crippen molar-refractivity contribution in [3.05, 3.63) is 64.5 Å². The third kappa shape index (κ3) is 3.63. The minimum Gasteiger partial charge on any atom is -0.455 e. The summed E-state index contributed by atoms with van der Waals surface area (Å²) in [5.41, 5.74) is 3.64. The molecule has 0 fully saturated rings. The molecule has 0 aliphatic carbocycles. The van der Waals surface area contributed by atoms with E-state index in [9.17, 15) is 0 Å². The minimum atomic E-state index is 0.326. The molecule has 0 saturated carbocycles. The predicted molar refractivity (Wildman–Crippen MR) is 87.4 cm³/mol. The van der Waals surface area contributed by atoms with E-state index < -0.39 is 0 Å². The Morgan fingerprint density at radius 1 is 1.05 bits per heavy atom. The number of nitrogens with one attached hydrogen (secondary N) is 1. The largest absolute Gasteiger partial charge is 0.455 e. The van der Waals surface area contributed by atoms with Crippen molar-refractivity contribution in [2.45, 2.75) is 0 Å². The van der Waals surface area contributed by atoms with Gasteiger partial charge in [-0.05, 0) is 36.4 Å². The second-order valence-corrected chi connectivity index (χ2v) is 5.15. The second-order valence-electron chi connectivity index (χ2n) is 4.32. The average Bonchev–Trinajstić information content (AvgIpc) is 2.98. The van der Waals surface area contributed by atoms with Crippen molar-refractivity contribution in [1.29, 1.82) is 0 Å². The summed E-state index contributed by atoms with van der Waals surface area (Å²) in [6.45, 7) is 0. The number of hydrogen-bond donors (Lipinski definition) is 1. The quantitative estimate of drug-likeness (QED) is 0.564. The van der Waals surface area contributed by atoms with E-state index in [1.165, 1.54) is 0 Å². The van der Waals surface area contributed by atoms with Crippen molar-refractivity contribution >= 4 is 35.2 Å².